The zero-order valence-electron chi connectivity index (χ0n) is 10.6. The number of hydrogen-bond acceptors (Lipinski definition) is 4. The number of nitro groups is 1. The maximum Gasteiger partial charge on any atom is 0.270 e. The molecule has 0 spiro atoms. The van der Waals surface area contributed by atoms with E-state index in [9.17, 15) is 14.9 Å². The molecule has 3 rings (SSSR count). The van der Waals surface area contributed by atoms with Crippen LogP contribution in [0.4, 0.5) is 5.69 Å². The van der Waals surface area contributed by atoms with Gasteiger partial charge in [-0.25, -0.2) is 0 Å². The lowest BCUT2D eigenvalue weighted by molar-refractivity contribution is -0.384. The summed E-state index contributed by atoms with van der Waals surface area (Å²) < 4.78 is 5.44. The Kier molecular flexibility index (Phi) is 3.19. The van der Waals surface area contributed by atoms with Gasteiger partial charge in [0, 0.05) is 28.1 Å². The van der Waals surface area contributed by atoms with Crippen molar-refractivity contribution in [3.05, 3.63) is 75.0 Å². The number of furan rings is 1. The van der Waals surface area contributed by atoms with Gasteiger partial charge in [0.05, 0.1) is 4.92 Å². The highest BCUT2D eigenvalue weighted by molar-refractivity contribution is 6.30. The third kappa shape index (κ3) is 2.51. The Morgan fingerprint density at radius 2 is 1.81 bits per heavy atom. The van der Waals surface area contributed by atoms with Crippen molar-refractivity contribution in [2.24, 2.45) is 0 Å². The highest BCUT2D eigenvalue weighted by atomic mass is 35.5. The van der Waals surface area contributed by atoms with Crippen LogP contribution in [-0.2, 0) is 0 Å². The van der Waals surface area contributed by atoms with Crippen molar-refractivity contribution < 1.29 is 14.1 Å². The molecule has 21 heavy (non-hydrogen) atoms. The number of hydrogen-bond donors (Lipinski definition) is 0. The Morgan fingerprint density at radius 1 is 1.10 bits per heavy atom. The molecule has 1 aromatic heterocycles. The molecule has 0 aliphatic carbocycles. The molecule has 2 aromatic carbocycles. The average molecular weight is 302 g/mol. The minimum atomic E-state index is -0.493. The van der Waals surface area contributed by atoms with Crippen LogP contribution < -0.4 is 0 Å². The van der Waals surface area contributed by atoms with Gasteiger partial charge in [-0.2, -0.15) is 0 Å². The summed E-state index contributed by atoms with van der Waals surface area (Å²) in [6.07, 6.45) is 0. The molecule has 6 heteroatoms. The minimum absolute atomic E-state index is 0.0474. The summed E-state index contributed by atoms with van der Waals surface area (Å²) in [6, 6.07) is 12.1. The monoisotopic (exact) mass is 301 g/mol. The molecule has 0 fully saturated rings. The van der Waals surface area contributed by atoms with Crippen LogP contribution in [0, 0.1) is 10.1 Å². The number of ketones is 1. The summed E-state index contributed by atoms with van der Waals surface area (Å²) in [5.74, 6) is -0.168. The normalized spacial score (nSPS) is 10.7. The molecule has 0 aliphatic heterocycles. The predicted octanol–water partition coefficient (Wildman–Crippen LogP) is 4.23. The van der Waals surface area contributed by atoms with E-state index < -0.39 is 4.92 Å². The van der Waals surface area contributed by atoms with Crippen molar-refractivity contribution in [1.82, 2.24) is 0 Å². The molecule has 0 bridgehead atoms. The molecular formula is C15H8ClNO4. The van der Waals surface area contributed by atoms with E-state index in [1.54, 1.807) is 24.3 Å². The van der Waals surface area contributed by atoms with Crippen LogP contribution in [0.25, 0.3) is 11.0 Å². The fourth-order valence-corrected chi connectivity index (χ4v) is 2.13. The quantitative estimate of drug-likeness (QED) is 0.412. The lowest BCUT2D eigenvalue weighted by Crippen LogP contribution is -1.98. The largest absolute Gasteiger partial charge is 0.453 e. The second-order valence-electron chi connectivity index (χ2n) is 4.43. The molecule has 0 unspecified atom stereocenters. The maximum atomic E-state index is 12.3. The summed E-state index contributed by atoms with van der Waals surface area (Å²) >= 11 is 5.78. The van der Waals surface area contributed by atoms with Crippen molar-refractivity contribution >= 4 is 34.0 Å². The molecule has 5 nitrogen and oxygen atoms in total. The van der Waals surface area contributed by atoms with Crippen molar-refractivity contribution in [1.29, 1.82) is 0 Å². The number of carbonyl (C=O) groups excluding carboxylic acids is 1. The number of nitro benzene ring substituents is 1. The minimum Gasteiger partial charge on any atom is -0.453 e. The van der Waals surface area contributed by atoms with Crippen LogP contribution in [0.5, 0.6) is 0 Å². The molecule has 0 amide bonds. The second kappa shape index (κ2) is 5.03. The molecule has 1 heterocycles. The van der Waals surface area contributed by atoms with Crippen LogP contribution in [0.2, 0.25) is 5.02 Å². The van der Waals surface area contributed by atoms with E-state index in [0.29, 0.717) is 21.6 Å². The van der Waals surface area contributed by atoms with Gasteiger partial charge >= 0.3 is 0 Å². The van der Waals surface area contributed by atoms with Crippen molar-refractivity contribution in [2.45, 2.75) is 0 Å². The van der Waals surface area contributed by atoms with Gasteiger partial charge in [-0.1, -0.05) is 11.6 Å². The first-order valence-electron chi connectivity index (χ1n) is 6.03. The van der Waals surface area contributed by atoms with Gasteiger partial charge in [0.2, 0.25) is 5.78 Å². The molecule has 104 valence electrons. The number of fused-ring (bicyclic) bond motifs is 1. The fourth-order valence-electron chi connectivity index (χ4n) is 2.00. The topological polar surface area (TPSA) is 73.3 Å². The average Bonchev–Trinajstić information content (AvgIpc) is 2.90. The Bertz CT molecular complexity index is 852. The number of rotatable bonds is 3. The summed E-state index contributed by atoms with van der Waals surface area (Å²) in [5, 5.41) is 11.8. The summed E-state index contributed by atoms with van der Waals surface area (Å²) in [6.45, 7) is 0. The van der Waals surface area contributed by atoms with Gasteiger partial charge < -0.3 is 4.42 Å². The first-order chi connectivity index (χ1) is 10.0. The summed E-state index contributed by atoms with van der Waals surface area (Å²) in [7, 11) is 0. The first kappa shape index (κ1) is 13.3. The lowest BCUT2D eigenvalue weighted by atomic mass is 10.1. The van der Waals surface area contributed by atoms with Crippen molar-refractivity contribution in [3.63, 3.8) is 0 Å². The molecular weight excluding hydrogens is 294 g/mol. The molecule has 0 radical (unpaired) electrons. The molecule has 3 aromatic rings. The number of nitrogens with zero attached hydrogens (tertiary/aromatic N) is 1. The molecule has 0 saturated heterocycles. The van der Waals surface area contributed by atoms with E-state index in [0.717, 1.165) is 0 Å². The molecule has 0 saturated carbocycles. The van der Waals surface area contributed by atoms with Gasteiger partial charge in [0.25, 0.3) is 5.69 Å². The SMILES string of the molecule is O=C(c1ccc(Cl)cc1)c1cc2cc([N+](=O)[O-])ccc2o1. The first-order valence-corrected chi connectivity index (χ1v) is 6.40. The number of carbonyl (C=O) groups is 1. The van der Waals surface area contributed by atoms with E-state index >= 15 is 0 Å². The maximum absolute atomic E-state index is 12.3. The molecule has 0 atom stereocenters. The Hall–Kier alpha value is -2.66. The standard InChI is InChI=1S/C15H8ClNO4/c16-11-3-1-9(2-4-11)15(18)14-8-10-7-12(17(19)20)5-6-13(10)21-14/h1-8H. The van der Waals surface area contributed by atoms with Gasteiger partial charge in [-0.15, -0.1) is 0 Å². The highest BCUT2D eigenvalue weighted by Crippen LogP contribution is 2.25. The lowest BCUT2D eigenvalue weighted by Gasteiger charge is -1.97. The van der Waals surface area contributed by atoms with E-state index in [1.807, 2.05) is 0 Å². The van der Waals surface area contributed by atoms with Crippen LogP contribution in [0.3, 0.4) is 0 Å². The predicted molar refractivity (Wildman–Crippen MR) is 77.8 cm³/mol. The third-order valence-electron chi connectivity index (χ3n) is 3.04. The van der Waals surface area contributed by atoms with E-state index in [2.05, 4.69) is 0 Å². The van der Waals surface area contributed by atoms with Crippen LogP contribution >= 0.6 is 11.6 Å². The van der Waals surface area contributed by atoms with Gasteiger partial charge in [-0.3, -0.25) is 14.9 Å². The van der Waals surface area contributed by atoms with Gasteiger partial charge in [-0.05, 0) is 36.4 Å². The van der Waals surface area contributed by atoms with Gasteiger partial charge in [0.1, 0.15) is 5.58 Å². The van der Waals surface area contributed by atoms with Crippen LogP contribution in [-0.4, -0.2) is 10.7 Å². The Labute approximate surface area is 123 Å². The van der Waals surface area contributed by atoms with Crippen molar-refractivity contribution in [3.8, 4) is 0 Å². The van der Waals surface area contributed by atoms with Crippen LogP contribution in [0.15, 0.2) is 52.9 Å². The van der Waals surface area contributed by atoms with E-state index in [1.165, 1.54) is 24.3 Å². The molecule has 0 N–H and O–H groups in total. The number of benzene rings is 2. The zero-order chi connectivity index (χ0) is 15.0. The van der Waals surface area contributed by atoms with Crippen molar-refractivity contribution in [2.75, 3.05) is 0 Å². The fraction of sp³-hybridized carbons (Fsp3) is 0. The molecule has 0 aliphatic rings. The Morgan fingerprint density at radius 3 is 2.48 bits per heavy atom. The van der Waals surface area contributed by atoms with Crippen LogP contribution in [0.1, 0.15) is 16.1 Å². The third-order valence-corrected chi connectivity index (χ3v) is 3.29. The zero-order valence-corrected chi connectivity index (χ0v) is 11.3. The highest BCUT2D eigenvalue weighted by Gasteiger charge is 2.16. The smallest absolute Gasteiger partial charge is 0.270 e. The second-order valence-corrected chi connectivity index (χ2v) is 4.86. The number of non-ortho nitro benzene ring substituents is 1. The summed E-state index contributed by atoms with van der Waals surface area (Å²) in [5.41, 5.74) is 0.819. The summed E-state index contributed by atoms with van der Waals surface area (Å²) in [4.78, 5) is 22.5. The number of halogens is 1. The van der Waals surface area contributed by atoms with E-state index in [-0.39, 0.29) is 17.2 Å². The Balaban J connectivity index is 2.02. The van der Waals surface area contributed by atoms with Gasteiger partial charge in [0.15, 0.2) is 5.76 Å². The van der Waals surface area contributed by atoms with E-state index in [4.69, 9.17) is 16.0 Å².